The average Bonchev–Trinajstić information content (AvgIpc) is 3.16. The highest BCUT2D eigenvalue weighted by atomic mass is 16.5. The molecule has 2 N–H and O–H groups in total. The second-order valence-corrected chi connectivity index (χ2v) is 8.72. The second kappa shape index (κ2) is 11.2. The van der Waals surface area contributed by atoms with Crippen LogP contribution in [0.25, 0.3) is 5.76 Å². The van der Waals surface area contributed by atoms with Gasteiger partial charge in [-0.25, -0.2) is 0 Å². The lowest BCUT2D eigenvalue weighted by molar-refractivity contribution is -0.140. The molecule has 37 heavy (non-hydrogen) atoms. The molecule has 0 aromatic heterocycles. The quantitative estimate of drug-likeness (QED) is 0.254. The van der Waals surface area contributed by atoms with Crippen molar-refractivity contribution in [3.63, 3.8) is 0 Å². The number of aliphatic hydroxyl groups excluding tert-OH is 1. The number of amides is 1. The van der Waals surface area contributed by atoms with Crippen LogP contribution in [0.4, 0.5) is 0 Å². The van der Waals surface area contributed by atoms with Crippen LogP contribution < -0.4 is 9.47 Å². The van der Waals surface area contributed by atoms with Crippen LogP contribution in [0.2, 0.25) is 0 Å². The van der Waals surface area contributed by atoms with Gasteiger partial charge in [0.25, 0.3) is 11.7 Å². The number of aromatic hydroxyl groups is 1. The Kier molecular flexibility index (Phi) is 7.79. The van der Waals surface area contributed by atoms with Gasteiger partial charge in [-0.3, -0.25) is 9.59 Å². The first-order chi connectivity index (χ1) is 17.8. The van der Waals surface area contributed by atoms with Gasteiger partial charge in [-0.05, 0) is 54.4 Å². The topological polar surface area (TPSA) is 106 Å². The maximum atomic E-state index is 13.1. The molecule has 8 heteroatoms. The number of methoxy groups -OCH3 is 2. The van der Waals surface area contributed by atoms with E-state index in [9.17, 15) is 19.8 Å². The van der Waals surface area contributed by atoms with Crippen LogP contribution in [-0.2, 0) is 20.9 Å². The number of ketones is 1. The number of ether oxygens (including phenoxy) is 3. The summed E-state index contributed by atoms with van der Waals surface area (Å²) in [7, 11) is 2.90. The molecule has 0 aliphatic carbocycles. The van der Waals surface area contributed by atoms with Gasteiger partial charge >= 0.3 is 0 Å². The largest absolute Gasteiger partial charge is 0.507 e. The average molecular weight is 504 g/mol. The van der Waals surface area contributed by atoms with Crippen LogP contribution >= 0.6 is 0 Å². The number of carbonyl (C=O) groups excluding carboxylic acids is 2. The SMILES string of the molecule is COCCN1C(=O)C(=O)/C(=C(/O)c2ccc(OCc3cccc(C)c3)cc2)C1c1ccc(O)c(OC)c1. The number of phenols is 1. The molecule has 3 aromatic rings. The molecule has 1 atom stereocenters. The lowest BCUT2D eigenvalue weighted by Crippen LogP contribution is -2.32. The summed E-state index contributed by atoms with van der Waals surface area (Å²) >= 11 is 0. The number of aliphatic hydroxyl groups is 1. The number of hydrogen-bond acceptors (Lipinski definition) is 7. The van der Waals surface area contributed by atoms with E-state index in [2.05, 4.69) is 0 Å². The van der Waals surface area contributed by atoms with Gasteiger partial charge in [0.2, 0.25) is 0 Å². The second-order valence-electron chi connectivity index (χ2n) is 8.72. The Labute approximate surface area is 215 Å². The van der Waals surface area contributed by atoms with Crippen LogP contribution in [-0.4, -0.2) is 54.2 Å². The number of benzene rings is 3. The Bertz CT molecular complexity index is 1330. The van der Waals surface area contributed by atoms with Gasteiger partial charge < -0.3 is 29.3 Å². The molecule has 3 aromatic carbocycles. The predicted octanol–water partition coefficient (Wildman–Crippen LogP) is 4.36. The highest BCUT2D eigenvalue weighted by molar-refractivity contribution is 6.46. The molecule has 0 bridgehead atoms. The lowest BCUT2D eigenvalue weighted by Gasteiger charge is -2.25. The predicted molar refractivity (Wildman–Crippen MR) is 137 cm³/mol. The fourth-order valence-corrected chi connectivity index (χ4v) is 4.34. The molecule has 1 aliphatic rings. The van der Waals surface area contributed by atoms with Crippen molar-refractivity contribution < 1.29 is 34.0 Å². The molecule has 1 aliphatic heterocycles. The smallest absolute Gasteiger partial charge is 0.295 e. The Morgan fingerprint density at radius 1 is 1.00 bits per heavy atom. The van der Waals surface area contributed by atoms with E-state index in [0.29, 0.717) is 23.5 Å². The summed E-state index contributed by atoms with van der Waals surface area (Å²) in [5.41, 5.74) is 2.99. The normalized spacial score (nSPS) is 16.7. The molecule has 4 rings (SSSR count). The Morgan fingerprint density at radius 3 is 2.43 bits per heavy atom. The van der Waals surface area contributed by atoms with E-state index in [-0.39, 0.29) is 36.0 Å². The molecule has 1 fully saturated rings. The van der Waals surface area contributed by atoms with Crippen LogP contribution in [0, 0.1) is 6.92 Å². The van der Waals surface area contributed by atoms with Crippen molar-refractivity contribution in [1.29, 1.82) is 0 Å². The Balaban J connectivity index is 1.67. The number of likely N-dealkylation sites (tertiary alicyclic amines) is 1. The molecule has 192 valence electrons. The molecule has 1 amide bonds. The first-order valence-electron chi connectivity index (χ1n) is 11.8. The number of aryl methyl sites for hydroxylation is 1. The number of Topliss-reactive ketones (excluding diaryl/α,β-unsaturated/α-hetero) is 1. The van der Waals surface area contributed by atoms with Gasteiger partial charge in [-0.15, -0.1) is 0 Å². The zero-order chi connectivity index (χ0) is 26.5. The molecular weight excluding hydrogens is 474 g/mol. The molecule has 1 saturated heterocycles. The minimum absolute atomic E-state index is 0.0534. The summed E-state index contributed by atoms with van der Waals surface area (Å²) in [6.07, 6.45) is 0. The standard InChI is InChI=1S/C29H29NO7/c1-18-5-4-6-19(15-18)17-37-22-10-7-20(8-11-22)27(32)25-26(21-9-12-23(31)24(16-21)36-3)30(13-14-35-2)29(34)28(25)33/h4-12,15-16,26,31-32H,13-14,17H2,1-3H3/b27-25+. The highest BCUT2D eigenvalue weighted by Gasteiger charge is 2.46. The van der Waals surface area contributed by atoms with Gasteiger partial charge in [0.1, 0.15) is 18.1 Å². The molecular formula is C29H29NO7. The van der Waals surface area contributed by atoms with E-state index < -0.39 is 17.7 Å². The monoisotopic (exact) mass is 503 g/mol. The van der Waals surface area contributed by atoms with E-state index in [1.54, 1.807) is 36.4 Å². The number of rotatable bonds is 9. The van der Waals surface area contributed by atoms with Gasteiger partial charge in [0, 0.05) is 19.2 Å². The van der Waals surface area contributed by atoms with E-state index in [1.807, 2.05) is 31.2 Å². The third-order valence-electron chi connectivity index (χ3n) is 6.21. The van der Waals surface area contributed by atoms with Crippen molar-refractivity contribution >= 4 is 17.4 Å². The van der Waals surface area contributed by atoms with E-state index in [0.717, 1.165) is 11.1 Å². The highest BCUT2D eigenvalue weighted by Crippen LogP contribution is 2.41. The zero-order valence-corrected chi connectivity index (χ0v) is 20.9. The summed E-state index contributed by atoms with van der Waals surface area (Å²) < 4.78 is 16.2. The Morgan fingerprint density at radius 2 is 1.76 bits per heavy atom. The maximum absolute atomic E-state index is 13.1. The lowest BCUT2D eigenvalue weighted by atomic mass is 9.95. The number of nitrogens with zero attached hydrogens (tertiary/aromatic N) is 1. The molecule has 8 nitrogen and oxygen atoms in total. The van der Waals surface area contributed by atoms with Crippen molar-refractivity contribution in [1.82, 2.24) is 4.90 Å². The van der Waals surface area contributed by atoms with Gasteiger partial charge in [0.05, 0.1) is 25.3 Å². The fourth-order valence-electron chi connectivity index (χ4n) is 4.34. The van der Waals surface area contributed by atoms with Gasteiger partial charge in [0.15, 0.2) is 11.5 Å². The minimum Gasteiger partial charge on any atom is -0.507 e. The summed E-state index contributed by atoms with van der Waals surface area (Å²) in [4.78, 5) is 27.4. The van der Waals surface area contributed by atoms with Crippen LogP contribution in [0.15, 0.2) is 72.3 Å². The van der Waals surface area contributed by atoms with E-state index in [4.69, 9.17) is 14.2 Å². The summed E-state index contributed by atoms with van der Waals surface area (Å²) in [5.74, 6) is -1.15. The first-order valence-corrected chi connectivity index (χ1v) is 11.8. The van der Waals surface area contributed by atoms with Crippen LogP contribution in [0.3, 0.4) is 0 Å². The summed E-state index contributed by atoms with van der Waals surface area (Å²) in [5, 5.41) is 21.3. The van der Waals surface area contributed by atoms with Gasteiger partial charge in [-0.1, -0.05) is 35.9 Å². The van der Waals surface area contributed by atoms with Crippen molar-refractivity contribution in [2.24, 2.45) is 0 Å². The van der Waals surface area contributed by atoms with Gasteiger partial charge in [-0.2, -0.15) is 0 Å². The molecule has 0 radical (unpaired) electrons. The van der Waals surface area contributed by atoms with Crippen molar-refractivity contribution in [2.45, 2.75) is 19.6 Å². The molecule has 0 saturated carbocycles. The third kappa shape index (κ3) is 5.44. The zero-order valence-electron chi connectivity index (χ0n) is 20.9. The third-order valence-corrected chi connectivity index (χ3v) is 6.21. The number of hydrogen-bond donors (Lipinski definition) is 2. The van der Waals surface area contributed by atoms with Crippen molar-refractivity contribution in [3.05, 3.63) is 94.6 Å². The molecule has 1 heterocycles. The van der Waals surface area contributed by atoms with Crippen molar-refractivity contribution in [2.75, 3.05) is 27.4 Å². The van der Waals surface area contributed by atoms with Crippen LogP contribution in [0.5, 0.6) is 17.2 Å². The van der Waals surface area contributed by atoms with Crippen molar-refractivity contribution in [3.8, 4) is 17.2 Å². The van der Waals surface area contributed by atoms with Crippen LogP contribution in [0.1, 0.15) is 28.3 Å². The first kappa shape index (κ1) is 25.8. The summed E-state index contributed by atoms with van der Waals surface area (Å²) in [6.45, 7) is 2.74. The molecule has 0 spiro atoms. The number of phenolic OH excluding ortho intramolecular Hbond substituents is 1. The Hall–Kier alpha value is -4.30. The summed E-state index contributed by atoms with van der Waals surface area (Å²) in [6, 6.07) is 18.3. The van der Waals surface area contributed by atoms with E-state index in [1.165, 1.54) is 25.2 Å². The van der Waals surface area contributed by atoms with E-state index >= 15 is 0 Å². The molecule has 1 unspecified atom stereocenters. The fraction of sp³-hybridized carbons (Fsp3) is 0.241. The minimum atomic E-state index is -0.887. The number of carbonyl (C=O) groups is 2. The maximum Gasteiger partial charge on any atom is 0.295 e.